The van der Waals surface area contributed by atoms with Crippen molar-refractivity contribution in [2.75, 3.05) is 48.2 Å². The van der Waals surface area contributed by atoms with E-state index in [0.29, 0.717) is 32.4 Å². The van der Waals surface area contributed by atoms with Crippen molar-refractivity contribution in [1.29, 1.82) is 0 Å². The van der Waals surface area contributed by atoms with Gasteiger partial charge in [-0.2, -0.15) is 0 Å². The molecular formula is C43H67N4O10P. The van der Waals surface area contributed by atoms with Crippen LogP contribution in [-0.4, -0.2) is 129 Å². The predicted molar refractivity (Wildman–Crippen MR) is 225 cm³/mol. The van der Waals surface area contributed by atoms with Gasteiger partial charge in [0, 0.05) is 34.9 Å². The Bertz CT molecular complexity index is 1520. The molecule has 0 saturated carbocycles. The smallest absolute Gasteiger partial charge is 0.312 e. The molecule has 1 saturated heterocycles. The molecule has 1 heterocycles. The highest BCUT2D eigenvalue weighted by Crippen LogP contribution is 2.37. The highest BCUT2D eigenvalue weighted by atomic mass is 31.1. The van der Waals surface area contributed by atoms with Gasteiger partial charge in [0.1, 0.15) is 6.04 Å². The van der Waals surface area contributed by atoms with E-state index < -0.39 is 44.2 Å². The van der Waals surface area contributed by atoms with Crippen LogP contribution in [0.5, 0.6) is 0 Å². The Labute approximate surface area is 346 Å². The number of amides is 4. The van der Waals surface area contributed by atoms with E-state index >= 15 is 0 Å². The van der Waals surface area contributed by atoms with Gasteiger partial charge in [-0.25, -0.2) is 0 Å². The maximum atomic E-state index is 13.9. The first-order valence-electron chi connectivity index (χ1n) is 20.0. The van der Waals surface area contributed by atoms with Gasteiger partial charge in [-0.15, -0.1) is 0 Å². The molecular weight excluding hydrogens is 763 g/mol. The lowest BCUT2D eigenvalue weighted by molar-refractivity contribution is -0.146. The summed E-state index contributed by atoms with van der Waals surface area (Å²) in [6, 6.07) is 18.0. The molecule has 1 fully saturated rings. The van der Waals surface area contributed by atoms with Crippen molar-refractivity contribution in [3.8, 4) is 0 Å². The van der Waals surface area contributed by atoms with Gasteiger partial charge in [-0.05, 0) is 42.2 Å². The number of nitrogens with zero attached hydrogens (tertiary/aromatic N) is 2. The normalized spacial score (nSPS) is 17.4. The largest absolute Gasteiger partial charge is 0.469 e. The molecule has 0 radical (unpaired) electrons. The van der Waals surface area contributed by atoms with Gasteiger partial charge in [-0.1, -0.05) is 94.8 Å². The van der Waals surface area contributed by atoms with E-state index in [-0.39, 0.29) is 54.6 Å². The molecule has 3 rings (SSSR count). The third-order valence-electron chi connectivity index (χ3n) is 10.6. The van der Waals surface area contributed by atoms with E-state index in [2.05, 4.69) is 10.6 Å². The Morgan fingerprint density at radius 3 is 2.09 bits per heavy atom. The summed E-state index contributed by atoms with van der Waals surface area (Å²) in [7, 11) is 5.75. The lowest BCUT2D eigenvalue weighted by Gasteiger charge is -2.40. The molecule has 0 aromatic heterocycles. The van der Waals surface area contributed by atoms with Crippen molar-refractivity contribution in [1.82, 2.24) is 20.4 Å². The zero-order chi connectivity index (χ0) is 43.2. The minimum Gasteiger partial charge on any atom is -0.469 e. The fraction of sp³-hybridized carbons (Fsp3) is 0.605. The van der Waals surface area contributed by atoms with Gasteiger partial charge in [0.2, 0.25) is 24.1 Å². The molecule has 2 aromatic rings. The minimum atomic E-state index is -1.92. The SMILES string of the molecule is CCC(C)C(C(CC(=O)N1CCCC1C(CC(=O)NC(Cc1ccccc1)P(O)CC(=O)OC)OC)OC)N(C)C(=O)[C@@H](NC=O)C(C)C.COCc1ccccc1. The Balaban J connectivity index is 0.00000113. The summed E-state index contributed by atoms with van der Waals surface area (Å²) in [5.74, 6) is -2.20. The van der Waals surface area contributed by atoms with E-state index in [9.17, 15) is 28.9 Å². The average Bonchev–Trinajstić information content (AvgIpc) is 3.72. The summed E-state index contributed by atoms with van der Waals surface area (Å²) in [6.07, 6.45) is 1.45. The molecule has 1 aliphatic rings. The number of hydrogen-bond donors (Lipinski definition) is 3. The molecule has 8 atom stereocenters. The Kier molecular flexibility index (Phi) is 23.3. The molecule has 14 nitrogen and oxygen atoms in total. The molecule has 3 N–H and O–H groups in total. The van der Waals surface area contributed by atoms with Crippen LogP contribution in [0.2, 0.25) is 0 Å². The van der Waals surface area contributed by atoms with Crippen molar-refractivity contribution in [2.24, 2.45) is 11.8 Å². The van der Waals surface area contributed by atoms with Crippen LogP contribution in [-0.2, 0) is 55.9 Å². The Hall–Kier alpha value is -3.94. The number of rotatable bonds is 23. The monoisotopic (exact) mass is 830 g/mol. The molecule has 58 heavy (non-hydrogen) atoms. The zero-order valence-corrected chi connectivity index (χ0v) is 36.7. The first-order chi connectivity index (χ1) is 27.8. The number of carbonyl (C=O) groups excluding carboxylic acids is 5. The minimum absolute atomic E-state index is 0.0111. The van der Waals surface area contributed by atoms with Gasteiger partial charge in [0.25, 0.3) is 0 Å². The van der Waals surface area contributed by atoms with Gasteiger partial charge in [0.15, 0.2) is 0 Å². The van der Waals surface area contributed by atoms with E-state index in [1.807, 2.05) is 88.4 Å². The van der Waals surface area contributed by atoms with Gasteiger partial charge in [-0.3, -0.25) is 24.0 Å². The number of methoxy groups -OCH3 is 4. The van der Waals surface area contributed by atoms with Crippen molar-refractivity contribution in [2.45, 2.75) is 109 Å². The molecule has 0 aliphatic carbocycles. The number of esters is 1. The van der Waals surface area contributed by atoms with Crippen LogP contribution in [0.15, 0.2) is 60.7 Å². The van der Waals surface area contributed by atoms with Gasteiger partial charge >= 0.3 is 5.97 Å². The van der Waals surface area contributed by atoms with Crippen LogP contribution in [0.4, 0.5) is 0 Å². The van der Waals surface area contributed by atoms with E-state index in [1.165, 1.54) is 26.9 Å². The Morgan fingerprint density at radius 1 is 0.948 bits per heavy atom. The maximum absolute atomic E-state index is 13.9. The standard InChI is InChI=1S/C35H57N4O9P.C8H10O/c1-9-24(4)34(38(5)35(44)33(23(2)3)36-22-40)28(47-7)20-31(42)39-17-13-16-26(39)27(46-6)19-29(41)37-30(49(45)21-32(43)48-8)18-25-14-11-10-12-15-25;1-9-7-8-5-3-2-4-6-8/h10-12,14-15,22-24,26-28,30,33-34,45H,9,13,16-21H2,1-8H3,(H,36,40)(H,37,41);2-6H,7H2,1H3/t24?,26?,27?,28?,30?,33-,34?,49?;/m0./s1. The second-order valence-electron chi connectivity index (χ2n) is 15.0. The zero-order valence-electron chi connectivity index (χ0n) is 35.8. The van der Waals surface area contributed by atoms with Crippen LogP contribution in [0.25, 0.3) is 0 Å². The van der Waals surface area contributed by atoms with E-state index in [0.717, 1.165) is 18.4 Å². The fourth-order valence-corrected chi connectivity index (χ4v) is 8.60. The number of benzene rings is 2. The maximum Gasteiger partial charge on any atom is 0.312 e. The predicted octanol–water partition coefficient (Wildman–Crippen LogP) is 4.51. The van der Waals surface area contributed by atoms with Crippen molar-refractivity contribution in [3.05, 3.63) is 71.8 Å². The summed E-state index contributed by atoms with van der Waals surface area (Å²) in [5.41, 5.74) is 2.12. The van der Waals surface area contributed by atoms with E-state index in [4.69, 9.17) is 18.9 Å². The van der Waals surface area contributed by atoms with Crippen LogP contribution in [0, 0.1) is 11.8 Å². The molecule has 7 unspecified atom stereocenters. The first kappa shape index (κ1) is 50.2. The molecule has 1 aliphatic heterocycles. The summed E-state index contributed by atoms with van der Waals surface area (Å²) < 4.78 is 21.4. The highest BCUT2D eigenvalue weighted by molar-refractivity contribution is 7.53. The fourth-order valence-electron chi connectivity index (χ4n) is 7.27. The van der Waals surface area contributed by atoms with E-state index in [1.54, 1.807) is 24.0 Å². The molecule has 4 amide bonds. The first-order valence-corrected chi connectivity index (χ1v) is 21.5. The molecule has 0 spiro atoms. The number of likely N-dealkylation sites (N-methyl/N-ethyl adjacent to an activating group) is 1. The second kappa shape index (κ2) is 26.9. The third kappa shape index (κ3) is 16.0. The summed E-state index contributed by atoms with van der Waals surface area (Å²) in [6.45, 7) is 8.93. The summed E-state index contributed by atoms with van der Waals surface area (Å²) in [4.78, 5) is 78.3. The summed E-state index contributed by atoms with van der Waals surface area (Å²) >= 11 is 0. The number of carbonyl (C=O) groups is 5. The third-order valence-corrected chi connectivity index (χ3v) is 12.2. The Morgan fingerprint density at radius 2 is 1.57 bits per heavy atom. The average molecular weight is 831 g/mol. The second-order valence-corrected chi connectivity index (χ2v) is 16.8. The quantitative estimate of drug-likeness (QED) is 0.0822. The van der Waals surface area contributed by atoms with Crippen LogP contribution < -0.4 is 10.6 Å². The number of likely N-dealkylation sites (tertiary alicyclic amines) is 1. The lowest BCUT2D eigenvalue weighted by Crippen LogP contribution is -2.56. The topological polar surface area (TPSA) is 173 Å². The van der Waals surface area contributed by atoms with Crippen LogP contribution in [0.3, 0.4) is 0 Å². The molecule has 0 bridgehead atoms. The van der Waals surface area contributed by atoms with Gasteiger partial charge in [0.05, 0.1) is 70.9 Å². The molecule has 324 valence electrons. The molecule has 2 aromatic carbocycles. The highest BCUT2D eigenvalue weighted by Gasteiger charge is 2.41. The number of hydrogen-bond acceptors (Lipinski definition) is 10. The van der Waals surface area contributed by atoms with Crippen LogP contribution in [0.1, 0.15) is 70.9 Å². The summed E-state index contributed by atoms with van der Waals surface area (Å²) in [5, 5.41) is 5.55. The van der Waals surface area contributed by atoms with Crippen molar-refractivity contribution in [3.63, 3.8) is 0 Å². The van der Waals surface area contributed by atoms with Crippen molar-refractivity contribution >= 4 is 38.2 Å². The lowest BCUT2D eigenvalue weighted by atomic mass is 9.89. The van der Waals surface area contributed by atoms with Crippen LogP contribution >= 0.6 is 8.15 Å². The van der Waals surface area contributed by atoms with Crippen molar-refractivity contribution < 1.29 is 47.8 Å². The molecule has 15 heteroatoms. The number of nitrogens with one attached hydrogen (secondary N) is 2. The number of ether oxygens (including phenoxy) is 4. The van der Waals surface area contributed by atoms with Gasteiger partial charge < -0.3 is 44.3 Å².